The maximum atomic E-state index is 12.9. The van der Waals surface area contributed by atoms with Crippen molar-refractivity contribution in [3.63, 3.8) is 0 Å². The molecule has 3 heterocycles. The molecule has 2 aromatic heterocycles. The Morgan fingerprint density at radius 3 is 2.92 bits per heavy atom. The van der Waals surface area contributed by atoms with Crippen molar-refractivity contribution in [2.75, 3.05) is 25.0 Å². The minimum absolute atomic E-state index is 0.00911. The molecule has 1 unspecified atom stereocenters. The Hall–Kier alpha value is -1.99. The molecule has 1 atom stereocenters. The molecule has 0 spiro atoms. The van der Waals surface area contributed by atoms with Gasteiger partial charge in [-0.05, 0) is 25.0 Å². The van der Waals surface area contributed by atoms with Gasteiger partial charge in [-0.3, -0.25) is 14.6 Å². The summed E-state index contributed by atoms with van der Waals surface area (Å²) in [4.78, 5) is 36.2. The third-order valence-corrected chi connectivity index (χ3v) is 5.89. The molecular formula is C17H19ClN4O2S. The van der Waals surface area contributed by atoms with Crippen molar-refractivity contribution in [1.82, 2.24) is 14.9 Å². The first kappa shape index (κ1) is 17.8. The first-order valence-electron chi connectivity index (χ1n) is 8.07. The lowest BCUT2D eigenvalue weighted by Crippen LogP contribution is -2.45. The summed E-state index contributed by atoms with van der Waals surface area (Å²) in [5, 5.41) is 1.64. The second kappa shape index (κ2) is 7.49. The van der Waals surface area contributed by atoms with Crippen LogP contribution in [0.2, 0.25) is 5.15 Å². The summed E-state index contributed by atoms with van der Waals surface area (Å²) >= 11 is 7.63. The van der Waals surface area contributed by atoms with Crippen molar-refractivity contribution in [2.24, 2.45) is 5.92 Å². The summed E-state index contributed by atoms with van der Waals surface area (Å²) in [6.45, 7) is 2.72. The van der Waals surface area contributed by atoms with E-state index in [0.717, 1.165) is 30.0 Å². The van der Waals surface area contributed by atoms with E-state index in [4.69, 9.17) is 11.6 Å². The lowest BCUT2D eigenvalue weighted by atomic mass is 9.96. The van der Waals surface area contributed by atoms with E-state index in [1.54, 1.807) is 29.2 Å². The van der Waals surface area contributed by atoms with Gasteiger partial charge in [-0.25, -0.2) is 4.98 Å². The van der Waals surface area contributed by atoms with Crippen molar-refractivity contribution in [2.45, 2.75) is 19.8 Å². The molecule has 3 rings (SSSR count). The van der Waals surface area contributed by atoms with Crippen LogP contribution in [0.5, 0.6) is 0 Å². The van der Waals surface area contributed by atoms with Crippen LogP contribution in [0, 0.1) is 5.92 Å². The summed E-state index contributed by atoms with van der Waals surface area (Å²) in [5.74, 6) is -0.230. The fourth-order valence-corrected chi connectivity index (χ4v) is 4.24. The number of hydrogen-bond donors (Lipinski definition) is 0. The lowest BCUT2D eigenvalue weighted by molar-refractivity contribution is -0.133. The predicted octanol–water partition coefficient (Wildman–Crippen LogP) is 3.08. The van der Waals surface area contributed by atoms with Crippen LogP contribution in [-0.4, -0.2) is 46.8 Å². The molecule has 0 radical (unpaired) electrons. The summed E-state index contributed by atoms with van der Waals surface area (Å²) < 4.78 is 0. The van der Waals surface area contributed by atoms with Gasteiger partial charge in [0.05, 0.1) is 5.92 Å². The largest absolute Gasteiger partial charge is 0.342 e. The highest BCUT2D eigenvalue weighted by Gasteiger charge is 2.31. The fourth-order valence-electron chi connectivity index (χ4n) is 2.95. The van der Waals surface area contributed by atoms with Crippen LogP contribution in [0.3, 0.4) is 0 Å². The average Bonchev–Trinajstić information content (AvgIpc) is 3.03. The van der Waals surface area contributed by atoms with Crippen LogP contribution >= 0.6 is 22.9 Å². The molecule has 8 heteroatoms. The SMILES string of the molecule is CC(=O)N1CCCC(C(=O)N(C)c2sc(-c3cccnc3)nc2Cl)C1. The van der Waals surface area contributed by atoms with Crippen molar-refractivity contribution in [3.05, 3.63) is 29.7 Å². The Balaban J connectivity index is 1.78. The van der Waals surface area contributed by atoms with E-state index in [0.29, 0.717) is 16.7 Å². The number of rotatable bonds is 3. The number of carbonyl (C=O) groups is 2. The molecule has 1 fully saturated rings. The van der Waals surface area contributed by atoms with Gasteiger partial charge in [-0.15, -0.1) is 0 Å². The smallest absolute Gasteiger partial charge is 0.232 e. The van der Waals surface area contributed by atoms with Crippen molar-refractivity contribution < 1.29 is 9.59 Å². The molecule has 0 saturated carbocycles. The Labute approximate surface area is 155 Å². The number of pyridine rings is 1. The normalized spacial score (nSPS) is 17.4. The highest BCUT2D eigenvalue weighted by Crippen LogP contribution is 2.37. The molecule has 1 aliphatic rings. The maximum Gasteiger partial charge on any atom is 0.232 e. The topological polar surface area (TPSA) is 66.4 Å². The zero-order chi connectivity index (χ0) is 18.0. The Bertz CT molecular complexity index is 780. The second-order valence-corrected chi connectivity index (χ2v) is 7.39. The zero-order valence-corrected chi connectivity index (χ0v) is 15.7. The number of aromatic nitrogens is 2. The first-order valence-corrected chi connectivity index (χ1v) is 9.26. The molecule has 6 nitrogen and oxygen atoms in total. The molecule has 2 amide bonds. The quantitative estimate of drug-likeness (QED) is 0.823. The molecule has 0 N–H and O–H groups in total. The van der Waals surface area contributed by atoms with Crippen molar-refractivity contribution >= 4 is 39.8 Å². The first-order chi connectivity index (χ1) is 12.0. The van der Waals surface area contributed by atoms with Crippen LogP contribution in [0.15, 0.2) is 24.5 Å². The number of anilines is 1. The predicted molar refractivity (Wildman–Crippen MR) is 98.7 cm³/mol. The summed E-state index contributed by atoms with van der Waals surface area (Å²) in [6, 6.07) is 3.73. The van der Waals surface area contributed by atoms with Crippen molar-refractivity contribution in [1.29, 1.82) is 0 Å². The van der Waals surface area contributed by atoms with Gasteiger partial charge in [0.25, 0.3) is 0 Å². The van der Waals surface area contributed by atoms with Gasteiger partial charge in [-0.2, -0.15) is 0 Å². The molecule has 132 valence electrons. The summed E-state index contributed by atoms with van der Waals surface area (Å²) in [7, 11) is 1.71. The van der Waals surface area contributed by atoms with Gasteiger partial charge in [0.2, 0.25) is 11.8 Å². The van der Waals surface area contributed by atoms with Crippen LogP contribution in [-0.2, 0) is 9.59 Å². The number of piperidine rings is 1. The third kappa shape index (κ3) is 3.82. The highest BCUT2D eigenvalue weighted by atomic mass is 35.5. The molecule has 25 heavy (non-hydrogen) atoms. The zero-order valence-electron chi connectivity index (χ0n) is 14.1. The van der Waals surface area contributed by atoms with Gasteiger partial charge in [-0.1, -0.05) is 22.9 Å². The average molecular weight is 379 g/mol. The third-order valence-electron chi connectivity index (χ3n) is 4.33. The molecule has 1 aliphatic heterocycles. The number of hydrogen-bond acceptors (Lipinski definition) is 5. The minimum Gasteiger partial charge on any atom is -0.342 e. The fraction of sp³-hybridized carbons (Fsp3) is 0.412. The second-order valence-electron chi connectivity index (χ2n) is 6.06. The van der Waals surface area contributed by atoms with E-state index < -0.39 is 0 Å². The number of amides is 2. The van der Waals surface area contributed by atoms with Gasteiger partial charge < -0.3 is 9.80 Å². The highest BCUT2D eigenvalue weighted by molar-refractivity contribution is 7.19. The number of likely N-dealkylation sites (tertiary alicyclic amines) is 1. The van der Waals surface area contributed by atoms with E-state index in [2.05, 4.69) is 9.97 Å². The summed E-state index contributed by atoms with van der Waals surface area (Å²) in [5.41, 5.74) is 0.863. The van der Waals surface area contributed by atoms with Crippen LogP contribution in [0.1, 0.15) is 19.8 Å². The van der Waals surface area contributed by atoms with E-state index in [-0.39, 0.29) is 17.7 Å². The van der Waals surface area contributed by atoms with Crippen molar-refractivity contribution in [3.8, 4) is 10.6 Å². The Morgan fingerprint density at radius 2 is 2.24 bits per heavy atom. The van der Waals surface area contributed by atoms with Crippen LogP contribution in [0.25, 0.3) is 10.6 Å². The Kier molecular flexibility index (Phi) is 5.34. The molecule has 0 aromatic carbocycles. The number of carbonyl (C=O) groups excluding carboxylic acids is 2. The lowest BCUT2D eigenvalue weighted by Gasteiger charge is -2.33. The monoisotopic (exact) mass is 378 g/mol. The molecule has 0 aliphatic carbocycles. The number of halogens is 1. The number of nitrogens with zero attached hydrogens (tertiary/aromatic N) is 4. The standard InChI is InChI=1S/C17H19ClN4O2S/c1-11(23)22-8-4-6-13(10-22)16(24)21(2)17-14(18)20-15(25-17)12-5-3-7-19-9-12/h3,5,7,9,13H,4,6,8,10H2,1-2H3. The van der Waals surface area contributed by atoms with Gasteiger partial charge in [0, 0.05) is 45.0 Å². The Morgan fingerprint density at radius 1 is 1.44 bits per heavy atom. The number of thiazole rings is 1. The molecular weight excluding hydrogens is 360 g/mol. The summed E-state index contributed by atoms with van der Waals surface area (Å²) in [6.07, 6.45) is 5.02. The van der Waals surface area contributed by atoms with E-state index in [9.17, 15) is 9.59 Å². The minimum atomic E-state index is -0.206. The van der Waals surface area contributed by atoms with Gasteiger partial charge in [0.1, 0.15) is 10.0 Å². The van der Waals surface area contributed by atoms with E-state index in [1.807, 2.05) is 12.1 Å². The van der Waals surface area contributed by atoms with E-state index >= 15 is 0 Å². The van der Waals surface area contributed by atoms with Crippen LogP contribution in [0.4, 0.5) is 5.00 Å². The van der Waals surface area contributed by atoms with E-state index in [1.165, 1.54) is 18.3 Å². The maximum absolute atomic E-state index is 12.9. The molecule has 0 bridgehead atoms. The van der Waals surface area contributed by atoms with Gasteiger partial charge in [0.15, 0.2) is 5.15 Å². The molecule has 2 aromatic rings. The van der Waals surface area contributed by atoms with Crippen LogP contribution < -0.4 is 4.90 Å². The van der Waals surface area contributed by atoms with Gasteiger partial charge >= 0.3 is 0 Å². The molecule has 1 saturated heterocycles.